The first kappa shape index (κ1) is 60.1. The molecule has 2 saturated carbocycles. The van der Waals surface area contributed by atoms with Gasteiger partial charge in [-0.15, -0.1) is 0 Å². The van der Waals surface area contributed by atoms with Gasteiger partial charge < -0.3 is 24.3 Å². The Kier molecular flexibility index (Phi) is 19.7. The van der Waals surface area contributed by atoms with Gasteiger partial charge in [0.25, 0.3) is 0 Å². The minimum Gasteiger partial charge on any atom is -0.466 e. The van der Waals surface area contributed by atoms with Crippen LogP contribution in [0.1, 0.15) is 226 Å². The molecule has 2 N–H and O–H groups in total. The molecule has 3 aliphatic rings. The average Bonchev–Trinajstić information content (AvgIpc) is 3.63. The lowest BCUT2D eigenvalue weighted by Crippen LogP contribution is -2.41. The molecule has 8 heteroatoms. The van der Waals surface area contributed by atoms with Crippen LogP contribution in [0.5, 0.6) is 0 Å². The number of hydrogen-bond acceptors (Lipinski definition) is 7. The third kappa shape index (κ3) is 13.5. The Hall–Kier alpha value is -4.60. The molecule has 1 saturated heterocycles. The maximum Gasteiger partial charge on any atom is 0.495 e. The molecule has 0 radical (unpaired) electrons. The largest absolute Gasteiger partial charge is 0.495 e. The van der Waals surface area contributed by atoms with E-state index < -0.39 is 11.2 Å². The third-order valence-corrected chi connectivity index (χ3v) is 19.4. The van der Waals surface area contributed by atoms with Crippen LogP contribution in [0.25, 0.3) is 11.3 Å². The lowest BCUT2D eigenvalue weighted by molar-refractivity contribution is -0.142. The highest BCUT2D eigenvalue weighted by molar-refractivity contribution is 6.62. The predicted octanol–water partition coefficient (Wildman–Crippen LogP) is 15.5. The Bertz CT molecular complexity index is 2740. The van der Waals surface area contributed by atoms with Crippen molar-refractivity contribution in [2.75, 3.05) is 6.61 Å². The first-order valence-corrected chi connectivity index (χ1v) is 29.9. The first-order valence-electron chi connectivity index (χ1n) is 29.9. The van der Waals surface area contributed by atoms with Gasteiger partial charge in [-0.2, -0.15) is 0 Å². The van der Waals surface area contributed by atoms with Crippen LogP contribution < -0.4 is 5.46 Å². The fraction of sp³-hybridized carbons (Fsp3) is 0.565. The molecule has 1 aromatic heterocycles. The number of carbonyl (C=O) groups is 1. The number of benzene rings is 4. The Labute approximate surface area is 465 Å². The van der Waals surface area contributed by atoms with Crippen molar-refractivity contribution in [3.05, 3.63) is 152 Å². The van der Waals surface area contributed by atoms with Gasteiger partial charge in [0.2, 0.25) is 0 Å². The molecule has 416 valence electrons. The molecule has 3 fully saturated rings. The van der Waals surface area contributed by atoms with Crippen molar-refractivity contribution in [1.29, 1.82) is 0 Å². The van der Waals surface area contributed by atoms with Crippen molar-refractivity contribution >= 4 is 18.6 Å². The normalized spacial score (nSPS) is 17.9. The molecule has 2 aliphatic carbocycles. The molecule has 7 nitrogen and oxygen atoms in total. The molecule has 2 heterocycles. The Morgan fingerprint density at radius 3 is 1.39 bits per heavy atom. The van der Waals surface area contributed by atoms with Gasteiger partial charge >= 0.3 is 13.1 Å². The van der Waals surface area contributed by atoms with Crippen LogP contribution >= 0.6 is 0 Å². The number of rotatable bonds is 19. The molecule has 8 rings (SSSR count). The quantitative estimate of drug-likeness (QED) is 0.0628. The van der Waals surface area contributed by atoms with Gasteiger partial charge in [0.15, 0.2) is 0 Å². The summed E-state index contributed by atoms with van der Waals surface area (Å²) in [7, 11) is -0.336. The second kappa shape index (κ2) is 25.2. The smallest absolute Gasteiger partial charge is 0.466 e. The predicted molar refractivity (Wildman–Crippen MR) is 319 cm³/mol. The number of hydrogen-bond donors (Lipinski definition) is 2. The lowest BCUT2D eigenvalue weighted by atomic mass is 9.67. The summed E-state index contributed by atoms with van der Waals surface area (Å²) in [4.78, 5) is 16.5. The van der Waals surface area contributed by atoms with Crippen molar-refractivity contribution in [2.45, 2.75) is 245 Å². The van der Waals surface area contributed by atoms with Crippen LogP contribution in [-0.4, -0.2) is 57.3 Å². The Morgan fingerprint density at radius 2 is 1.00 bits per heavy atom. The van der Waals surface area contributed by atoms with Crippen molar-refractivity contribution in [2.24, 2.45) is 0 Å². The summed E-state index contributed by atoms with van der Waals surface area (Å²) in [5, 5.41) is 22.0. The number of aromatic nitrogens is 1. The molecule has 0 bridgehead atoms. The van der Waals surface area contributed by atoms with Crippen LogP contribution in [0.3, 0.4) is 0 Å². The number of aliphatic hydroxyl groups is 2. The summed E-state index contributed by atoms with van der Waals surface area (Å²) in [6.07, 6.45) is 20.7. The standard InChI is InChI=1S/C36H47NO3.C33H49BO3/c1-6-36(7-2,30-14-13-29(26(4)22-30)18-21-35(39)19-10-9-11-20-35)31-15-16-32(27(5)23-31)33-17-12-28(25-37-33)24-34(38)40-8-3;1-9-33(10-2,27-15-14-26(24(3)22-27)18-21-32(35)19-12-11-13-20-32)28-16-17-29(25(4)23-28)34-36-30(5,6)31(7,8)37-34/h12-17,22-23,25,39H,6-11,18-21,24H2,1-5H3;14-17,22-23,35H,9-13,18-21H2,1-8H3. The second-order valence-electron chi connectivity index (χ2n) is 24.7. The monoisotopic (exact) mass is 1050 g/mol. The van der Waals surface area contributed by atoms with E-state index in [0.29, 0.717) is 6.61 Å². The van der Waals surface area contributed by atoms with Crippen LogP contribution in [0.2, 0.25) is 0 Å². The maximum atomic E-state index is 11.8. The molecule has 4 aromatic carbocycles. The summed E-state index contributed by atoms with van der Waals surface area (Å²) in [6.45, 7) is 28.7. The van der Waals surface area contributed by atoms with Gasteiger partial charge in [0.1, 0.15) is 0 Å². The minimum atomic E-state index is -0.477. The molecule has 0 amide bonds. The topological polar surface area (TPSA) is 98.1 Å². The van der Waals surface area contributed by atoms with Crippen molar-refractivity contribution < 1.29 is 29.1 Å². The summed E-state index contributed by atoms with van der Waals surface area (Å²) < 4.78 is 17.8. The molecule has 5 aromatic rings. The fourth-order valence-electron chi connectivity index (χ4n) is 13.2. The van der Waals surface area contributed by atoms with E-state index in [1.807, 2.05) is 19.1 Å². The van der Waals surface area contributed by atoms with E-state index in [1.54, 1.807) is 6.20 Å². The highest BCUT2D eigenvalue weighted by Crippen LogP contribution is 2.44. The van der Waals surface area contributed by atoms with Crippen molar-refractivity contribution in [3.8, 4) is 11.3 Å². The zero-order chi connectivity index (χ0) is 55.8. The van der Waals surface area contributed by atoms with Gasteiger partial charge in [-0.05, 0) is 207 Å². The van der Waals surface area contributed by atoms with Gasteiger partial charge in [0.05, 0.1) is 41.1 Å². The molecule has 77 heavy (non-hydrogen) atoms. The van der Waals surface area contributed by atoms with Gasteiger partial charge in [-0.25, -0.2) is 0 Å². The number of esters is 1. The lowest BCUT2D eigenvalue weighted by Gasteiger charge is -2.35. The van der Waals surface area contributed by atoms with E-state index in [1.165, 1.54) is 68.5 Å². The molecular formula is C69H96BNO6. The number of ether oxygens (including phenoxy) is 1. The number of carbonyl (C=O) groups excluding carboxylic acids is 1. The fourth-order valence-corrected chi connectivity index (χ4v) is 13.2. The van der Waals surface area contributed by atoms with Crippen LogP contribution in [0.15, 0.2) is 91.1 Å². The number of nitrogens with zero attached hydrogens (tertiary/aromatic N) is 1. The maximum absolute atomic E-state index is 11.8. The molecule has 1 aliphatic heterocycles. The van der Waals surface area contributed by atoms with E-state index in [9.17, 15) is 15.0 Å². The van der Waals surface area contributed by atoms with Gasteiger partial charge in [0, 0.05) is 22.6 Å². The van der Waals surface area contributed by atoms with Crippen LogP contribution in [-0.2, 0) is 48.9 Å². The highest BCUT2D eigenvalue weighted by Gasteiger charge is 2.52. The zero-order valence-corrected chi connectivity index (χ0v) is 49.9. The molecule has 0 atom stereocenters. The van der Waals surface area contributed by atoms with E-state index >= 15 is 0 Å². The SMILES string of the molecule is CCC(CC)(c1ccc(CCC2(O)CCCCC2)c(C)c1)c1ccc(B2OC(C)(C)C(C)(C)O2)c(C)c1.CCOC(=O)Cc1ccc(-c2ccc(C(CC)(CC)c3ccc(CCC4(O)CCCCC4)c(C)c3)cc2C)nc1. The number of aryl methyl sites for hydroxylation is 6. The summed E-state index contributed by atoms with van der Waals surface area (Å²) >= 11 is 0. The molecule has 0 unspecified atom stereocenters. The average molecular weight is 1050 g/mol. The van der Waals surface area contributed by atoms with Crippen molar-refractivity contribution in [3.63, 3.8) is 0 Å². The third-order valence-electron chi connectivity index (χ3n) is 19.4. The summed E-state index contributed by atoms with van der Waals surface area (Å²) in [6, 6.07) is 31.7. The van der Waals surface area contributed by atoms with E-state index in [-0.39, 0.29) is 41.5 Å². The van der Waals surface area contributed by atoms with Gasteiger partial charge in [-0.1, -0.05) is 151 Å². The van der Waals surface area contributed by atoms with Crippen LogP contribution in [0.4, 0.5) is 0 Å². The molecule has 0 spiro atoms. The minimum absolute atomic E-state index is 0.0376. The van der Waals surface area contributed by atoms with E-state index in [2.05, 4.69) is 161 Å². The number of pyridine rings is 1. The first-order chi connectivity index (χ1) is 36.6. The van der Waals surface area contributed by atoms with Crippen LogP contribution in [0, 0.1) is 27.7 Å². The second-order valence-corrected chi connectivity index (χ2v) is 24.7. The van der Waals surface area contributed by atoms with E-state index in [0.717, 1.165) is 125 Å². The van der Waals surface area contributed by atoms with Crippen molar-refractivity contribution in [1.82, 2.24) is 4.98 Å². The van der Waals surface area contributed by atoms with Gasteiger partial charge in [-0.3, -0.25) is 9.78 Å². The molecular weight excluding hydrogens is 950 g/mol. The zero-order valence-electron chi connectivity index (χ0n) is 49.9. The summed E-state index contributed by atoms with van der Waals surface area (Å²) in [5.41, 5.74) is 15.5. The Balaban J connectivity index is 0.000000224. The Morgan fingerprint density at radius 1 is 0.571 bits per heavy atom. The highest BCUT2D eigenvalue weighted by atomic mass is 16.7. The summed E-state index contributed by atoms with van der Waals surface area (Å²) in [5.74, 6) is -0.224. The van der Waals surface area contributed by atoms with E-state index in [4.69, 9.17) is 14.0 Å².